The molecule has 3 aromatic carbocycles. The van der Waals surface area contributed by atoms with Crippen LogP contribution < -0.4 is 0 Å². The van der Waals surface area contributed by atoms with Gasteiger partial charge in [0.15, 0.2) is 0 Å². The summed E-state index contributed by atoms with van der Waals surface area (Å²) in [5.41, 5.74) is 7.87. The molecule has 0 unspecified atom stereocenters. The topological polar surface area (TPSA) is 17.8 Å². The van der Waals surface area contributed by atoms with Crippen molar-refractivity contribution in [3.05, 3.63) is 89.2 Å². The van der Waals surface area contributed by atoms with Gasteiger partial charge in [0.2, 0.25) is 0 Å². The Hall–Kier alpha value is -3.13. The predicted octanol–water partition coefficient (Wildman–Crippen LogP) is 6.57. The molecule has 0 atom stereocenters. The van der Waals surface area contributed by atoms with Crippen molar-refractivity contribution in [2.45, 2.75) is 33.7 Å². The number of benzene rings is 3. The molecule has 0 saturated carbocycles. The minimum absolute atomic E-state index is 0.877. The fraction of sp³-hybridized carbons (Fsp3) is 0.192. The van der Waals surface area contributed by atoms with Crippen molar-refractivity contribution < 1.29 is 0 Å². The number of fused-ring (bicyclic) bond motifs is 4. The Labute approximate surface area is 165 Å². The third kappa shape index (κ3) is 2.37. The SMILES string of the molecule is CCc1nccc2c(C)c3c(c(C)c12)c1ccccc1n3Cc1ccccc1. The summed E-state index contributed by atoms with van der Waals surface area (Å²) >= 11 is 0. The summed E-state index contributed by atoms with van der Waals surface area (Å²) in [5.74, 6) is 0. The van der Waals surface area contributed by atoms with E-state index >= 15 is 0 Å². The van der Waals surface area contributed by atoms with Gasteiger partial charge in [-0.05, 0) is 54.5 Å². The van der Waals surface area contributed by atoms with Crippen molar-refractivity contribution in [3.8, 4) is 0 Å². The molecule has 138 valence electrons. The summed E-state index contributed by atoms with van der Waals surface area (Å²) < 4.78 is 2.49. The summed E-state index contributed by atoms with van der Waals surface area (Å²) in [5, 5.41) is 5.37. The van der Waals surface area contributed by atoms with E-state index < -0.39 is 0 Å². The molecule has 5 rings (SSSR count). The second kappa shape index (κ2) is 6.49. The second-order valence-electron chi connectivity index (χ2n) is 7.60. The van der Waals surface area contributed by atoms with Crippen LogP contribution in [0.25, 0.3) is 32.6 Å². The van der Waals surface area contributed by atoms with Crippen LogP contribution in [0.15, 0.2) is 66.9 Å². The molecule has 0 aliphatic carbocycles. The van der Waals surface area contributed by atoms with Crippen molar-refractivity contribution in [3.63, 3.8) is 0 Å². The molecular formula is C26H24N2. The monoisotopic (exact) mass is 364 g/mol. The molecule has 5 aromatic rings. The number of pyridine rings is 1. The van der Waals surface area contributed by atoms with Crippen molar-refractivity contribution in [2.75, 3.05) is 0 Å². The molecule has 0 aliphatic rings. The van der Waals surface area contributed by atoms with Crippen LogP contribution in [-0.2, 0) is 13.0 Å². The number of hydrogen-bond acceptors (Lipinski definition) is 1. The molecule has 0 bridgehead atoms. The minimum Gasteiger partial charge on any atom is -0.336 e. The summed E-state index contributed by atoms with van der Waals surface area (Å²) in [6.45, 7) is 7.61. The predicted molar refractivity (Wildman–Crippen MR) is 119 cm³/mol. The van der Waals surface area contributed by atoms with Crippen LogP contribution in [0, 0.1) is 13.8 Å². The Morgan fingerprint density at radius 3 is 2.32 bits per heavy atom. The average Bonchev–Trinajstić information content (AvgIpc) is 3.07. The molecule has 0 aliphatic heterocycles. The van der Waals surface area contributed by atoms with E-state index in [0.717, 1.165) is 13.0 Å². The van der Waals surface area contributed by atoms with Gasteiger partial charge in [0.1, 0.15) is 0 Å². The number of nitrogens with zero attached hydrogens (tertiary/aromatic N) is 2. The number of aryl methyl sites for hydroxylation is 3. The van der Waals surface area contributed by atoms with E-state index in [1.54, 1.807) is 0 Å². The fourth-order valence-electron chi connectivity index (χ4n) is 4.76. The zero-order valence-corrected chi connectivity index (χ0v) is 16.7. The van der Waals surface area contributed by atoms with Crippen LogP contribution in [0.2, 0.25) is 0 Å². The molecule has 0 N–H and O–H groups in total. The molecule has 0 amide bonds. The molecule has 2 nitrogen and oxygen atoms in total. The molecule has 28 heavy (non-hydrogen) atoms. The molecule has 0 spiro atoms. The maximum absolute atomic E-state index is 4.68. The Balaban J connectivity index is 1.97. The van der Waals surface area contributed by atoms with Gasteiger partial charge in [-0.3, -0.25) is 4.98 Å². The Morgan fingerprint density at radius 2 is 1.54 bits per heavy atom. The maximum atomic E-state index is 4.68. The molecule has 2 heteroatoms. The van der Waals surface area contributed by atoms with Crippen LogP contribution in [0.3, 0.4) is 0 Å². The molecule has 0 radical (unpaired) electrons. The van der Waals surface area contributed by atoms with E-state index in [-0.39, 0.29) is 0 Å². The summed E-state index contributed by atoms with van der Waals surface area (Å²) in [4.78, 5) is 4.68. The van der Waals surface area contributed by atoms with Crippen molar-refractivity contribution in [2.24, 2.45) is 0 Å². The standard InChI is InChI=1S/C26H24N2/c1-4-22-24-18(3)25-21-12-8-9-13-23(21)28(16-19-10-6-5-7-11-19)26(25)17(2)20(24)14-15-27-22/h5-15H,4,16H2,1-3H3. The van der Waals surface area contributed by atoms with E-state index in [9.17, 15) is 0 Å². The lowest BCUT2D eigenvalue weighted by molar-refractivity contribution is 0.866. The third-order valence-electron chi connectivity index (χ3n) is 6.03. The Kier molecular flexibility index (Phi) is 3.94. The highest BCUT2D eigenvalue weighted by Gasteiger charge is 2.19. The quantitative estimate of drug-likeness (QED) is 0.354. The lowest BCUT2D eigenvalue weighted by Crippen LogP contribution is -2.02. The summed E-state index contributed by atoms with van der Waals surface area (Å²) in [7, 11) is 0. The van der Waals surface area contributed by atoms with Gasteiger partial charge < -0.3 is 4.57 Å². The van der Waals surface area contributed by atoms with Crippen LogP contribution in [0.1, 0.15) is 29.3 Å². The number of rotatable bonds is 3. The van der Waals surface area contributed by atoms with Crippen molar-refractivity contribution in [1.29, 1.82) is 0 Å². The molecule has 2 aromatic heterocycles. The lowest BCUT2D eigenvalue weighted by Gasteiger charge is -2.15. The summed E-state index contributed by atoms with van der Waals surface area (Å²) in [6, 6.07) is 21.7. The lowest BCUT2D eigenvalue weighted by atomic mass is 9.94. The van der Waals surface area contributed by atoms with E-state index in [0.29, 0.717) is 0 Å². The summed E-state index contributed by atoms with van der Waals surface area (Å²) in [6.07, 6.45) is 2.91. The zero-order valence-electron chi connectivity index (χ0n) is 16.7. The Morgan fingerprint density at radius 1 is 0.786 bits per heavy atom. The fourth-order valence-corrected chi connectivity index (χ4v) is 4.76. The van der Waals surface area contributed by atoms with Gasteiger partial charge >= 0.3 is 0 Å². The van der Waals surface area contributed by atoms with Gasteiger partial charge in [-0.1, -0.05) is 55.5 Å². The van der Waals surface area contributed by atoms with Gasteiger partial charge in [-0.15, -0.1) is 0 Å². The van der Waals surface area contributed by atoms with E-state index in [1.807, 2.05) is 6.20 Å². The van der Waals surface area contributed by atoms with Gasteiger partial charge in [0, 0.05) is 40.1 Å². The first-order chi connectivity index (χ1) is 13.7. The number of aromatic nitrogens is 2. The van der Waals surface area contributed by atoms with Crippen molar-refractivity contribution in [1.82, 2.24) is 9.55 Å². The molecule has 0 fully saturated rings. The molecule has 2 heterocycles. The molecular weight excluding hydrogens is 340 g/mol. The van der Waals surface area contributed by atoms with Crippen LogP contribution in [0.4, 0.5) is 0 Å². The highest BCUT2D eigenvalue weighted by molar-refractivity contribution is 6.17. The maximum Gasteiger partial charge on any atom is 0.0533 e. The van der Waals surface area contributed by atoms with Crippen LogP contribution in [-0.4, -0.2) is 9.55 Å². The average molecular weight is 364 g/mol. The van der Waals surface area contributed by atoms with Gasteiger partial charge in [-0.25, -0.2) is 0 Å². The smallest absolute Gasteiger partial charge is 0.0533 e. The van der Waals surface area contributed by atoms with Gasteiger partial charge in [-0.2, -0.15) is 0 Å². The first kappa shape index (κ1) is 17.0. The van der Waals surface area contributed by atoms with E-state index in [4.69, 9.17) is 0 Å². The van der Waals surface area contributed by atoms with Gasteiger partial charge in [0.25, 0.3) is 0 Å². The third-order valence-corrected chi connectivity index (χ3v) is 6.03. The number of hydrogen-bond donors (Lipinski definition) is 0. The number of para-hydroxylation sites is 1. The first-order valence-corrected chi connectivity index (χ1v) is 10.0. The first-order valence-electron chi connectivity index (χ1n) is 10.0. The highest BCUT2D eigenvalue weighted by atomic mass is 15.0. The van der Waals surface area contributed by atoms with E-state index in [1.165, 1.54) is 55.0 Å². The van der Waals surface area contributed by atoms with Crippen LogP contribution >= 0.6 is 0 Å². The van der Waals surface area contributed by atoms with Gasteiger partial charge in [0.05, 0.1) is 5.52 Å². The normalized spacial score (nSPS) is 11.7. The largest absolute Gasteiger partial charge is 0.336 e. The molecule has 0 saturated heterocycles. The van der Waals surface area contributed by atoms with Crippen LogP contribution in [0.5, 0.6) is 0 Å². The Bertz CT molecular complexity index is 1330. The van der Waals surface area contributed by atoms with E-state index in [2.05, 4.69) is 91.0 Å². The second-order valence-corrected chi connectivity index (χ2v) is 7.60. The zero-order chi connectivity index (χ0) is 19.3. The highest BCUT2D eigenvalue weighted by Crippen LogP contribution is 2.39. The minimum atomic E-state index is 0.877. The van der Waals surface area contributed by atoms with Crippen molar-refractivity contribution >= 4 is 32.6 Å².